The maximum absolute atomic E-state index is 12.9. The average Bonchev–Trinajstić information content (AvgIpc) is 2.70. The molecule has 0 bridgehead atoms. The summed E-state index contributed by atoms with van der Waals surface area (Å²) in [6.45, 7) is 10.5. The van der Waals surface area contributed by atoms with Crippen LogP contribution in [0, 0.1) is 0 Å². The highest BCUT2D eigenvalue weighted by molar-refractivity contribution is 6.41. The molecule has 0 aromatic rings. The van der Waals surface area contributed by atoms with Gasteiger partial charge in [-0.1, -0.05) is 26.7 Å². The van der Waals surface area contributed by atoms with Crippen molar-refractivity contribution in [2.24, 2.45) is 0 Å². The van der Waals surface area contributed by atoms with E-state index in [1.807, 2.05) is 32.3 Å². The second kappa shape index (κ2) is 19.0. The first-order chi connectivity index (χ1) is 14.0. The molecule has 29 heavy (non-hydrogen) atoms. The number of hydrogen-bond acceptors (Lipinski definition) is 8. The molecular weight excluding hydrogens is 394 g/mol. The van der Waals surface area contributed by atoms with E-state index < -0.39 is 27.4 Å². The van der Waals surface area contributed by atoms with Crippen molar-refractivity contribution in [3.63, 3.8) is 0 Å². The van der Waals surface area contributed by atoms with Crippen LogP contribution in [-0.2, 0) is 32.7 Å². The number of ether oxygens (including phenoxy) is 3. The van der Waals surface area contributed by atoms with Gasteiger partial charge in [0.25, 0.3) is 0 Å². The molecule has 0 heterocycles. The summed E-state index contributed by atoms with van der Waals surface area (Å²) in [7, 11) is -0.739. The van der Waals surface area contributed by atoms with Crippen LogP contribution in [0.15, 0.2) is 0 Å². The van der Waals surface area contributed by atoms with E-state index >= 15 is 0 Å². The Balaban J connectivity index is 5.44. The van der Waals surface area contributed by atoms with Crippen LogP contribution in [0.2, 0.25) is 0 Å². The Labute approximate surface area is 178 Å². The van der Waals surface area contributed by atoms with Crippen LogP contribution in [0.4, 0.5) is 0 Å². The maximum Gasteiger partial charge on any atom is 0.411 e. The summed E-state index contributed by atoms with van der Waals surface area (Å²) in [6.07, 6.45) is 4.03. The molecule has 0 aliphatic rings. The lowest BCUT2D eigenvalue weighted by atomic mass is 10.2. The average molecular weight is 436 g/mol. The van der Waals surface area contributed by atoms with Gasteiger partial charge in [0, 0.05) is 26.9 Å². The van der Waals surface area contributed by atoms with Crippen LogP contribution in [0.5, 0.6) is 0 Å². The van der Waals surface area contributed by atoms with Gasteiger partial charge in [-0.15, -0.1) is 0 Å². The molecule has 0 amide bonds. The van der Waals surface area contributed by atoms with Crippen molar-refractivity contribution in [3.8, 4) is 0 Å². The van der Waals surface area contributed by atoms with Crippen LogP contribution in [0.1, 0.15) is 66.2 Å². The van der Waals surface area contributed by atoms with E-state index in [0.717, 1.165) is 25.7 Å². The van der Waals surface area contributed by atoms with E-state index in [-0.39, 0.29) is 6.42 Å². The van der Waals surface area contributed by atoms with Crippen LogP contribution in [0.25, 0.3) is 0 Å². The summed E-state index contributed by atoms with van der Waals surface area (Å²) >= 11 is 0. The SMILES string of the molecule is CCCCOC(=O)CC(C(=O)OCCCC)N(CCCOC)[SiH](OCC)OCC. The minimum Gasteiger partial charge on any atom is -0.466 e. The molecular formula is C20H41NO7Si. The third-order valence-corrected chi connectivity index (χ3v) is 6.59. The second-order valence-electron chi connectivity index (χ2n) is 6.62. The van der Waals surface area contributed by atoms with Crippen molar-refractivity contribution in [3.05, 3.63) is 0 Å². The molecule has 0 aliphatic heterocycles. The molecule has 0 fully saturated rings. The Bertz CT molecular complexity index is 420. The predicted octanol–water partition coefficient (Wildman–Crippen LogP) is 2.56. The molecule has 0 aliphatic carbocycles. The molecule has 0 radical (unpaired) electrons. The normalized spacial score (nSPS) is 12.4. The molecule has 0 rings (SSSR count). The molecule has 0 spiro atoms. The van der Waals surface area contributed by atoms with Gasteiger partial charge >= 0.3 is 21.4 Å². The first kappa shape index (κ1) is 28.0. The number of nitrogens with zero attached hydrogens (tertiary/aromatic N) is 1. The van der Waals surface area contributed by atoms with Gasteiger partial charge in [-0.2, -0.15) is 0 Å². The third kappa shape index (κ3) is 13.0. The monoisotopic (exact) mass is 435 g/mol. The standard InChI is InChI=1S/C20H41NO7Si/c1-6-10-15-25-19(22)17-18(20(23)26-16-11-7-2)21(13-12-14-24-5)29(27-8-3)28-9-4/h18,29H,6-17H2,1-5H3. The lowest BCUT2D eigenvalue weighted by molar-refractivity contribution is -0.156. The molecule has 1 atom stereocenters. The second-order valence-corrected chi connectivity index (χ2v) is 8.56. The van der Waals surface area contributed by atoms with Crippen molar-refractivity contribution in [2.45, 2.75) is 72.3 Å². The zero-order valence-electron chi connectivity index (χ0n) is 18.9. The van der Waals surface area contributed by atoms with E-state index in [1.165, 1.54) is 0 Å². The highest BCUT2D eigenvalue weighted by atomic mass is 28.3. The van der Waals surface area contributed by atoms with Crippen molar-refractivity contribution in [2.75, 3.05) is 46.7 Å². The van der Waals surface area contributed by atoms with Gasteiger partial charge in [-0.25, -0.2) is 0 Å². The molecule has 8 nitrogen and oxygen atoms in total. The van der Waals surface area contributed by atoms with E-state index in [1.54, 1.807) is 7.11 Å². The van der Waals surface area contributed by atoms with Gasteiger partial charge in [-0.3, -0.25) is 14.2 Å². The number of rotatable bonds is 19. The fourth-order valence-corrected chi connectivity index (χ4v) is 4.58. The quantitative estimate of drug-likeness (QED) is 0.174. The van der Waals surface area contributed by atoms with E-state index in [0.29, 0.717) is 46.0 Å². The Morgan fingerprint density at radius 1 is 0.862 bits per heavy atom. The number of carbonyl (C=O) groups excluding carboxylic acids is 2. The Kier molecular flexibility index (Phi) is 18.3. The predicted molar refractivity (Wildman–Crippen MR) is 114 cm³/mol. The maximum atomic E-state index is 12.9. The third-order valence-electron chi connectivity index (χ3n) is 4.19. The summed E-state index contributed by atoms with van der Waals surface area (Å²) < 4.78 is 29.5. The van der Waals surface area contributed by atoms with E-state index in [4.69, 9.17) is 23.1 Å². The summed E-state index contributed by atoms with van der Waals surface area (Å²) in [5.41, 5.74) is 0. The number of carbonyl (C=O) groups is 2. The fraction of sp³-hybridized carbons (Fsp3) is 0.900. The molecule has 0 N–H and O–H groups in total. The molecule has 0 aromatic heterocycles. The van der Waals surface area contributed by atoms with Crippen LogP contribution in [0.3, 0.4) is 0 Å². The zero-order valence-corrected chi connectivity index (χ0v) is 20.1. The molecule has 0 saturated heterocycles. The number of methoxy groups -OCH3 is 1. The van der Waals surface area contributed by atoms with Gasteiger partial charge in [0.05, 0.1) is 19.6 Å². The van der Waals surface area contributed by atoms with E-state index in [2.05, 4.69) is 0 Å². The topological polar surface area (TPSA) is 83.5 Å². The molecule has 1 unspecified atom stereocenters. The van der Waals surface area contributed by atoms with Crippen LogP contribution >= 0.6 is 0 Å². The Hall–Kier alpha value is -1.00. The number of unbranched alkanes of at least 4 members (excludes halogenated alkanes) is 2. The smallest absolute Gasteiger partial charge is 0.411 e. The molecule has 172 valence electrons. The summed E-state index contributed by atoms with van der Waals surface area (Å²) in [4.78, 5) is 25.3. The Morgan fingerprint density at radius 2 is 1.45 bits per heavy atom. The highest BCUT2D eigenvalue weighted by Gasteiger charge is 2.37. The minimum atomic E-state index is -2.37. The van der Waals surface area contributed by atoms with Crippen molar-refractivity contribution in [1.82, 2.24) is 4.57 Å². The minimum absolute atomic E-state index is 0.0781. The lowest BCUT2D eigenvalue weighted by Gasteiger charge is -2.34. The zero-order chi connectivity index (χ0) is 21.9. The fourth-order valence-electron chi connectivity index (χ4n) is 2.62. The van der Waals surface area contributed by atoms with Crippen LogP contribution in [-0.4, -0.2) is 78.7 Å². The van der Waals surface area contributed by atoms with Gasteiger partial charge in [-0.05, 0) is 39.7 Å². The van der Waals surface area contributed by atoms with E-state index in [9.17, 15) is 9.59 Å². The molecule has 0 aromatic carbocycles. The van der Waals surface area contributed by atoms with Crippen molar-refractivity contribution >= 4 is 21.4 Å². The Morgan fingerprint density at radius 3 is 1.97 bits per heavy atom. The van der Waals surface area contributed by atoms with Gasteiger partial charge in [0.1, 0.15) is 6.04 Å². The first-order valence-electron chi connectivity index (χ1n) is 10.9. The lowest BCUT2D eigenvalue weighted by Crippen LogP contribution is -2.55. The molecule has 9 heteroatoms. The highest BCUT2D eigenvalue weighted by Crippen LogP contribution is 2.14. The summed E-state index contributed by atoms with van der Waals surface area (Å²) in [5, 5.41) is 0. The van der Waals surface area contributed by atoms with Gasteiger partial charge in [0.15, 0.2) is 0 Å². The molecule has 0 saturated carbocycles. The van der Waals surface area contributed by atoms with Crippen LogP contribution < -0.4 is 0 Å². The van der Waals surface area contributed by atoms with Gasteiger partial charge in [0.2, 0.25) is 0 Å². The number of esters is 2. The van der Waals surface area contributed by atoms with Crippen molar-refractivity contribution in [1.29, 1.82) is 0 Å². The largest absolute Gasteiger partial charge is 0.466 e. The summed E-state index contributed by atoms with van der Waals surface area (Å²) in [5.74, 6) is -0.839. The van der Waals surface area contributed by atoms with Crippen molar-refractivity contribution < 1.29 is 32.7 Å². The first-order valence-corrected chi connectivity index (χ1v) is 12.3. The summed E-state index contributed by atoms with van der Waals surface area (Å²) in [6, 6.07) is -0.785. The number of hydrogen-bond donors (Lipinski definition) is 0. The van der Waals surface area contributed by atoms with Gasteiger partial charge < -0.3 is 23.1 Å².